The Labute approximate surface area is 218 Å². The van der Waals surface area contributed by atoms with E-state index in [9.17, 15) is 9.90 Å². The molecule has 1 amide bonds. The molecular weight excluding hydrogens is 462 g/mol. The van der Waals surface area contributed by atoms with Gasteiger partial charge in [-0.25, -0.2) is 0 Å². The molecule has 3 aromatic rings. The third-order valence-corrected chi connectivity index (χ3v) is 7.56. The molecule has 190 valence electrons. The Morgan fingerprint density at radius 2 is 1.62 bits per heavy atom. The topological polar surface area (TPSA) is 65.9 Å². The highest BCUT2D eigenvalue weighted by molar-refractivity contribution is 5.78. The average Bonchev–Trinajstić information content (AvgIpc) is 2.92. The van der Waals surface area contributed by atoms with Crippen LogP contribution in [0, 0.1) is 11.8 Å². The first-order chi connectivity index (χ1) is 18.2. The SMILES string of the molecule is COc1ccc(C#Cc2ccc([C@H]3[C@@H](CO)N4CCCCN(C(=O)Cc5ccncc5)C[C@H]34)cc2)cc1. The van der Waals surface area contributed by atoms with Gasteiger partial charge in [-0.15, -0.1) is 0 Å². The van der Waals surface area contributed by atoms with Crippen molar-refractivity contribution in [1.82, 2.24) is 14.8 Å². The molecule has 6 nitrogen and oxygen atoms in total. The van der Waals surface area contributed by atoms with E-state index in [0.29, 0.717) is 13.0 Å². The normalized spacial score (nSPS) is 21.5. The summed E-state index contributed by atoms with van der Waals surface area (Å²) < 4.78 is 5.21. The minimum atomic E-state index is 0.0801. The van der Waals surface area contributed by atoms with Crippen LogP contribution in [0.15, 0.2) is 73.1 Å². The molecule has 2 aromatic carbocycles. The summed E-state index contributed by atoms with van der Waals surface area (Å²) in [5, 5.41) is 10.2. The predicted molar refractivity (Wildman–Crippen MR) is 143 cm³/mol. The number of benzene rings is 2. The number of pyridine rings is 1. The van der Waals surface area contributed by atoms with Gasteiger partial charge in [-0.3, -0.25) is 14.7 Å². The Hall–Kier alpha value is -3.66. The summed E-state index contributed by atoms with van der Waals surface area (Å²) in [7, 11) is 1.65. The Balaban J connectivity index is 1.30. The molecule has 1 N–H and O–H groups in total. The Kier molecular flexibility index (Phi) is 7.84. The first-order valence-corrected chi connectivity index (χ1v) is 13.0. The number of nitrogens with zero attached hydrogens (tertiary/aromatic N) is 3. The maximum Gasteiger partial charge on any atom is 0.227 e. The highest BCUT2D eigenvalue weighted by Gasteiger charge is 2.49. The lowest BCUT2D eigenvalue weighted by molar-refractivity contribution is -0.135. The zero-order chi connectivity index (χ0) is 25.6. The molecule has 2 aliphatic rings. The van der Waals surface area contributed by atoms with E-state index < -0.39 is 0 Å². The second-order valence-electron chi connectivity index (χ2n) is 9.76. The fourth-order valence-electron chi connectivity index (χ4n) is 5.56. The smallest absolute Gasteiger partial charge is 0.227 e. The second kappa shape index (κ2) is 11.6. The van der Waals surface area contributed by atoms with Gasteiger partial charge in [-0.2, -0.15) is 0 Å². The number of fused-ring (bicyclic) bond motifs is 1. The van der Waals surface area contributed by atoms with E-state index in [1.54, 1.807) is 19.5 Å². The number of rotatable bonds is 5. The van der Waals surface area contributed by atoms with Gasteiger partial charge in [0.05, 0.1) is 20.1 Å². The van der Waals surface area contributed by atoms with Crippen LogP contribution < -0.4 is 4.74 Å². The van der Waals surface area contributed by atoms with Crippen molar-refractivity contribution in [2.75, 3.05) is 33.4 Å². The molecule has 0 radical (unpaired) electrons. The summed E-state index contributed by atoms with van der Waals surface area (Å²) in [6, 6.07) is 20.2. The third kappa shape index (κ3) is 5.69. The van der Waals surface area contributed by atoms with E-state index in [1.807, 2.05) is 41.3 Å². The molecule has 3 heterocycles. The van der Waals surface area contributed by atoms with Gasteiger partial charge in [0, 0.05) is 54.6 Å². The van der Waals surface area contributed by atoms with Gasteiger partial charge in [0.1, 0.15) is 5.75 Å². The van der Waals surface area contributed by atoms with Gasteiger partial charge in [0.25, 0.3) is 0 Å². The fraction of sp³-hybridized carbons (Fsp3) is 0.355. The van der Waals surface area contributed by atoms with Crippen molar-refractivity contribution >= 4 is 5.91 Å². The van der Waals surface area contributed by atoms with Crippen LogP contribution in [0.1, 0.15) is 41.0 Å². The van der Waals surface area contributed by atoms with Gasteiger partial charge < -0.3 is 14.7 Å². The molecule has 6 heteroatoms. The molecule has 0 bridgehead atoms. The highest BCUT2D eigenvalue weighted by Crippen LogP contribution is 2.42. The summed E-state index contributed by atoms with van der Waals surface area (Å²) in [5.74, 6) is 7.60. The molecule has 1 aromatic heterocycles. The minimum Gasteiger partial charge on any atom is -0.497 e. The van der Waals surface area contributed by atoms with Crippen LogP contribution in [0.2, 0.25) is 0 Å². The van der Waals surface area contributed by atoms with Gasteiger partial charge in [0.2, 0.25) is 5.91 Å². The van der Waals surface area contributed by atoms with E-state index in [2.05, 4.69) is 46.0 Å². The van der Waals surface area contributed by atoms with E-state index in [1.165, 1.54) is 5.56 Å². The molecule has 0 aliphatic carbocycles. The molecule has 2 saturated heterocycles. The lowest BCUT2D eigenvalue weighted by atomic mass is 9.74. The van der Waals surface area contributed by atoms with Crippen molar-refractivity contribution in [1.29, 1.82) is 0 Å². The van der Waals surface area contributed by atoms with Crippen LogP contribution in [0.25, 0.3) is 0 Å². The largest absolute Gasteiger partial charge is 0.497 e. The Bertz CT molecular complexity index is 1250. The van der Waals surface area contributed by atoms with Crippen LogP contribution >= 0.6 is 0 Å². The van der Waals surface area contributed by atoms with Crippen molar-refractivity contribution < 1.29 is 14.6 Å². The van der Waals surface area contributed by atoms with Crippen molar-refractivity contribution in [3.8, 4) is 17.6 Å². The molecule has 0 saturated carbocycles. The number of carbonyl (C=O) groups excluding carboxylic acids is 1. The van der Waals surface area contributed by atoms with Crippen LogP contribution in [0.4, 0.5) is 0 Å². The molecule has 2 aliphatic heterocycles. The Morgan fingerprint density at radius 3 is 2.27 bits per heavy atom. The van der Waals surface area contributed by atoms with Gasteiger partial charge >= 0.3 is 0 Å². The first kappa shape index (κ1) is 25.0. The zero-order valence-electron chi connectivity index (χ0n) is 21.2. The number of hydrogen-bond acceptors (Lipinski definition) is 5. The maximum absolute atomic E-state index is 13.2. The summed E-state index contributed by atoms with van der Waals surface area (Å²) in [5.41, 5.74) is 4.06. The standard InChI is InChI=1S/C31H33N3O3/c1-37-27-12-8-24(9-13-27)5-4-23-6-10-26(11-7-23)31-28-21-33(18-2-3-19-34(28)29(31)22-35)30(36)20-25-14-16-32-17-15-25/h6-17,28-29,31,35H,2-3,18-22H2,1H3/t28-,29-,31-/m1/s1. The highest BCUT2D eigenvalue weighted by atomic mass is 16.5. The molecule has 0 unspecified atom stereocenters. The Morgan fingerprint density at radius 1 is 0.973 bits per heavy atom. The van der Waals surface area contributed by atoms with E-state index in [4.69, 9.17) is 4.74 Å². The summed E-state index contributed by atoms with van der Waals surface area (Å²) in [4.78, 5) is 21.7. The summed E-state index contributed by atoms with van der Waals surface area (Å²) in [6.07, 6.45) is 5.87. The average molecular weight is 496 g/mol. The second-order valence-corrected chi connectivity index (χ2v) is 9.76. The lowest BCUT2D eigenvalue weighted by Gasteiger charge is -2.57. The van der Waals surface area contributed by atoms with Crippen molar-refractivity contribution in [3.63, 3.8) is 0 Å². The number of ether oxygens (including phenoxy) is 1. The van der Waals surface area contributed by atoms with Crippen LogP contribution in [-0.4, -0.2) is 71.2 Å². The van der Waals surface area contributed by atoms with Crippen LogP contribution in [0.3, 0.4) is 0 Å². The number of aromatic nitrogens is 1. The van der Waals surface area contributed by atoms with Crippen LogP contribution in [0.5, 0.6) is 5.75 Å². The van der Waals surface area contributed by atoms with Gasteiger partial charge in [-0.1, -0.05) is 24.0 Å². The molecule has 0 spiro atoms. The molecule has 5 rings (SSSR count). The quantitative estimate of drug-likeness (QED) is 0.549. The fourth-order valence-corrected chi connectivity index (χ4v) is 5.56. The first-order valence-electron chi connectivity index (χ1n) is 13.0. The van der Waals surface area contributed by atoms with E-state index >= 15 is 0 Å². The van der Waals surface area contributed by atoms with Crippen molar-refractivity contribution in [2.24, 2.45) is 0 Å². The number of hydrogen-bond donors (Lipinski definition) is 1. The van der Waals surface area contributed by atoms with Gasteiger partial charge in [-0.05, 0) is 79.0 Å². The number of amides is 1. The van der Waals surface area contributed by atoms with E-state index in [0.717, 1.165) is 48.4 Å². The van der Waals surface area contributed by atoms with Crippen molar-refractivity contribution in [2.45, 2.75) is 37.3 Å². The van der Waals surface area contributed by atoms with Crippen LogP contribution in [-0.2, 0) is 11.2 Å². The number of methoxy groups -OCH3 is 1. The maximum atomic E-state index is 13.2. The predicted octanol–water partition coefficient (Wildman–Crippen LogP) is 3.48. The monoisotopic (exact) mass is 495 g/mol. The van der Waals surface area contributed by atoms with Crippen molar-refractivity contribution in [3.05, 3.63) is 95.3 Å². The van der Waals surface area contributed by atoms with Gasteiger partial charge in [0.15, 0.2) is 0 Å². The van der Waals surface area contributed by atoms with E-state index in [-0.39, 0.29) is 30.5 Å². The minimum absolute atomic E-state index is 0.0801. The number of carbonyl (C=O) groups is 1. The summed E-state index contributed by atoms with van der Waals surface area (Å²) in [6.45, 7) is 2.55. The number of aliphatic hydroxyl groups excluding tert-OH is 1. The molecule has 2 fully saturated rings. The summed E-state index contributed by atoms with van der Waals surface area (Å²) >= 11 is 0. The number of aliphatic hydroxyl groups is 1. The molecule has 3 atom stereocenters. The zero-order valence-corrected chi connectivity index (χ0v) is 21.2. The molecular formula is C31H33N3O3. The third-order valence-electron chi connectivity index (χ3n) is 7.56. The lowest BCUT2D eigenvalue weighted by Crippen LogP contribution is -2.68. The molecule has 37 heavy (non-hydrogen) atoms.